The summed E-state index contributed by atoms with van der Waals surface area (Å²) in [6.45, 7) is 1.52. The zero-order chi connectivity index (χ0) is 12.1. The Morgan fingerprint density at radius 1 is 1.59 bits per heavy atom. The van der Waals surface area contributed by atoms with Gasteiger partial charge in [-0.2, -0.15) is 0 Å². The Morgan fingerprint density at radius 2 is 2.35 bits per heavy atom. The zero-order valence-electron chi connectivity index (χ0n) is 9.68. The number of carbonyl (C=O) groups excluding carboxylic acids is 1. The molecule has 0 radical (unpaired) electrons. The highest BCUT2D eigenvalue weighted by molar-refractivity contribution is 5.88. The van der Waals surface area contributed by atoms with Gasteiger partial charge >= 0.3 is 5.97 Å². The van der Waals surface area contributed by atoms with Gasteiger partial charge in [-0.15, -0.1) is 0 Å². The van der Waals surface area contributed by atoms with Gasteiger partial charge in [0.25, 0.3) is 0 Å². The van der Waals surface area contributed by atoms with Crippen molar-refractivity contribution in [3.05, 3.63) is 18.0 Å². The SMILES string of the molecule is COC(=O)c1cnc(NCC2CCCO2)nc1. The summed E-state index contributed by atoms with van der Waals surface area (Å²) in [6.07, 6.45) is 5.29. The first kappa shape index (κ1) is 11.8. The number of nitrogens with one attached hydrogen (secondary N) is 1. The minimum atomic E-state index is -0.435. The van der Waals surface area contributed by atoms with E-state index in [1.807, 2.05) is 0 Å². The third kappa shape index (κ3) is 3.13. The number of anilines is 1. The van der Waals surface area contributed by atoms with Gasteiger partial charge in [0.2, 0.25) is 5.95 Å². The molecule has 17 heavy (non-hydrogen) atoms. The molecule has 1 unspecified atom stereocenters. The van der Waals surface area contributed by atoms with Crippen LogP contribution in [0.4, 0.5) is 5.95 Å². The fraction of sp³-hybridized carbons (Fsp3) is 0.545. The predicted octanol–water partition coefficient (Wildman–Crippen LogP) is 0.854. The van der Waals surface area contributed by atoms with E-state index in [0.29, 0.717) is 18.1 Å². The number of aromatic nitrogens is 2. The monoisotopic (exact) mass is 237 g/mol. The Morgan fingerprint density at radius 3 is 2.94 bits per heavy atom. The molecule has 2 rings (SSSR count). The molecule has 2 heterocycles. The molecule has 0 aliphatic carbocycles. The van der Waals surface area contributed by atoms with E-state index in [0.717, 1.165) is 19.4 Å². The van der Waals surface area contributed by atoms with E-state index < -0.39 is 5.97 Å². The van der Waals surface area contributed by atoms with Crippen molar-refractivity contribution >= 4 is 11.9 Å². The van der Waals surface area contributed by atoms with Crippen LogP contribution in [0.1, 0.15) is 23.2 Å². The number of hydrogen-bond donors (Lipinski definition) is 1. The Kier molecular flexibility index (Phi) is 3.87. The Labute approximate surface area is 99.4 Å². The number of carbonyl (C=O) groups is 1. The van der Waals surface area contributed by atoms with Gasteiger partial charge in [0.15, 0.2) is 0 Å². The first-order valence-electron chi connectivity index (χ1n) is 5.55. The van der Waals surface area contributed by atoms with Crippen LogP contribution in [0.15, 0.2) is 12.4 Å². The molecular formula is C11H15N3O3. The summed E-state index contributed by atoms with van der Waals surface area (Å²) in [6, 6.07) is 0. The van der Waals surface area contributed by atoms with Crippen molar-refractivity contribution in [2.24, 2.45) is 0 Å². The van der Waals surface area contributed by atoms with E-state index in [1.54, 1.807) is 0 Å². The van der Waals surface area contributed by atoms with E-state index in [-0.39, 0.29) is 6.10 Å². The van der Waals surface area contributed by atoms with Gasteiger partial charge in [0, 0.05) is 25.5 Å². The minimum absolute atomic E-state index is 0.235. The topological polar surface area (TPSA) is 73.3 Å². The molecule has 1 aromatic rings. The molecule has 0 saturated carbocycles. The quantitative estimate of drug-likeness (QED) is 0.783. The summed E-state index contributed by atoms with van der Waals surface area (Å²) in [5, 5.41) is 3.07. The summed E-state index contributed by atoms with van der Waals surface area (Å²) >= 11 is 0. The maximum atomic E-state index is 11.1. The van der Waals surface area contributed by atoms with Crippen molar-refractivity contribution in [1.29, 1.82) is 0 Å². The highest BCUT2D eigenvalue weighted by Gasteiger charge is 2.15. The van der Waals surface area contributed by atoms with Crippen molar-refractivity contribution in [1.82, 2.24) is 9.97 Å². The second-order valence-electron chi connectivity index (χ2n) is 3.80. The fourth-order valence-electron chi connectivity index (χ4n) is 1.65. The molecular weight excluding hydrogens is 222 g/mol. The predicted molar refractivity (Wildman–Crippen MR) is 60.8 cm³/mol. The van der Waals surface area contributed by atoms with Crippen molar-refractivity contribution in [3.63, 3.8) is 0 Å². The Bertz CT molecular complexity index is 374. The molecule has 6 heteroatoms. The van der Waals surface area contributed by atoms with Gasteiger partial charge in [0.1, 0.15) is 0 Å². The van der Waals surface area contributed by atoms with Crippen molar-refractivity contribution in [3.8, 4) is 0 Å². The molecule has 1 saturated heterocycles. The van der Waals surface area contributed by atoms with Crippen molar-refractivity contribution < 1.29 is 14.3 Å². The molecule has 6 nitrogen and oxygen atoms in total. The summed E-state index contributed by atoms with van der Waals surface area (Å²) < 4.78 is 10.0. The van der Waals surface area contributed by atoms with Gasteiger partial charge in [-0.1, -0.05) is 0 Å². The third-order valence-corrected chi connectivity index (χ3v) is 2.58. The second-order valence-corrected chi connectivity index (χ2v) is 3.80. The first-order chi connectivity index (χ1) is 8.29. The van der Waals surface area contributed by atoms with E-state index in [9.17, 15) is 4.79 Å². The molecule has 1 atom stereocenters. The smallest absolute Gasteiger partial charge is 0.341 e. The van der Waals surface area contributed by atoms with Gasteiger partial charge in [-0.05, 0) is 12.8 Å². The first-order valence-corrected chi connectivity index (χ1v) is 5.55. The highest BCUT2D eigenvalue weighted by Crippen LogP contribution is 2.12. The molecule has 1 aliphatic rings. The van der Waals surface area contributed by atoms with Crippen LogP contribution in [0.3, 0.4) is 0 Å². The molecule has 1 N–H and O–H groups in total. The molecule has 0 aromatic carbocycles. The van der Waals surface area contributed by atoms with E-state index >= 15 is 0 Å². The van der Waals surface area contributed by atoms with Crippen LogP contribution in [-0.4, -0.2) is 42.3 Å². The minimum Gasteiger partial charge on any atom is -0.465 e. The van der Waals surface area contributed by atoms with Gasteiger partial charge in [-0.25, -0.2) is 14.8 Å². The van der Waals surface area contributed by atoms with Crippen molar-refractivity contribution in [2.75, 3.05) is 25.6 Å². The van der Waals surface area contributed by atoms with Crippen LogP contribution >= 0.6 is 0 Å². The summed E-state index contributed by atoms with van der Waals surface area (Å²) in [5.41, 5.74) is 0.343. The van der Waals surface area contributed by atoms with Crippen LogP contribution in [0.5, 0.6) is 0 Å². The lowest BCUT2D eigenvalue weighted by Crippen LogP contribution is -2.19. The van der Waals surface area contributed by atoms with E-state index in [1.165, 1.54) is 19.5 Å². The largest absolute Gasteiger partial charge is 0.465 e. The molecule has 1 aliphatic heterocycles. The second kappa shape index (κ2) is 5.58. The van der Waals surface area contributed by atoms with Crippen LogP contribution in [0.2, 0.25) is 0 Å². The van der Waals surface area contributed by atoms with Gasteiger partial charge < -0.3 is 14.8 Å². The molecule has 0 spiro atoms. The zero-order valence-corrected chi connectivity index (χ0v) is 9.68. The Hall–Kier alpha value is -1.69. The Balaban J connectivity index is 1.87. The number of methoxy groups -OCH3 is 1. The number of ether oxygens (including phenoxy) is 2. The number of rotatable bonds is 4. The van der Waals surface area contributed by atoms with E-state index in [2.05, 4.69) is 20.0 Å². The van der Waals surface area contributed by atoms with Crippen LogP contribution in [0, 0.1) is 0 Å². The van der Waals surface area contributed by atoms with Crippen LogP contribution in [-0.2, 0) is 9.47 Å². The number of hydrogen-bond acceptors (Lipinski definition) is 6. The summed E-state index contributed by atoms with van der Waals surface area (Å²) in [7, 11) is 1.33. The maximum Gasteiger partial charge on any atom is 0.341 e. The summed E-state index contributed by atoms with van der Waals surface area (Å²) in [5.74, 6) is 0.0591. The van der Waals surface area contributed by atoms with Crippen LogP contribution in [0.25, 0.3) is 0 Å². The summed E-state index contributed by atoms with van der Waals surface area (Å²) in [4.78, 5) is 19.2. The molecule has 1 fully saturated rings. The lowest BCUT2D eigenvalue weighted by molar-refractivity contribution is 0.0600. The van der Waals surface area contributed by atoms with E-state index in [4.69, 9.17) is 4.74 Å². The molecule has 0 bridgehead atoms. The lowest BCUT2D eigenvalue weighted by atomic mass is 10.2. The lowest BCUT2D eigenvalue weighted by Gasteiger charge is -2.10. The van der Waals surface area contributed by atoms with Gasteiger partial charge in [-0.3, -0.25) is 0 Å². The van der Waals surface area contributed by atoms with Gasteiger partial charge in [0.05, 0.1) is 18.8 Å². The van der Waals surface area contributed by atoms with Crippen LogP contribution < -0.4 is 5.32 Å². The maximum absolute atomic E-state index is 11.1. The molecule has 1 aromatic heterocycles. The highest BCUT2D eigenvalue weighted by atomic mass is 16.5. The normalized spacial score (nSPS) is 19.0. The fourth-order valence-corrected chi connectivity index (χ4v) is 1.65. The average molecular weight is 237 g/mol. The third-order valence-electron chi connectivity index (χ3n) is 2.58. The standard InChI is InChI=1S/C11H15N3O3/c1-16-10(15)8-5-12-11(13-6-8)14-7-9-3-2-4-17-9/h5-6,9H,2-4,7H2,1H3,(H,12,13,14). The van der Waals surface area contributed by atoms with Crippen molar-refractivity contribution in [2.45, 2.75) is 18.9 Å². The number of esters is 1. The number of nitrogens with zero attached hydrogens (tertiary/aromatic N) is 2. The average Bonchev–Trinajstić information content (AvgIpc) is 2.89. The molecule has 92 valence electrons. The molecule has 0 amide bonds.